The molecular weight excluding hydrogens is 367 g/mol. The third-order valence-corrected chi connectivity index (χ3v) is 4.75. The van der Waals surface area contributed by atoms with Gasteiger partial charge in [0.05, 0.1) is 13.0 Å². The molecule has 1 unspecified atom stereocenters. The van der Waals surface area contributed by atoms with Crippen LogP contribution in [0.1, 0.15) is 24.0 Å². The summed E-state index contributed by atoms with van der Waals surface area (Å²) in [4.78, 5) is 12.6. The van der Waals surface area contributed by atoms with Crippen molar-refractivity contribution < 1.29 is 18.7 Å². The van der Waals surface area contributed by atoms with Gasteiger partial charge >= 0.3 is 5.97 Å². The van der Waals surface area contributed by atoms with Gasteiger partial charge in [-0.25, -0.2) is 4.39 Å². The van der Waals surface area contributed by atoms with Crippen molar-refractivity contribution in [2.45, 2.75) is 19.3 Å². The molecule has 0 aliphatic rings. The fraction of sp³-hybridized carbons (Fsp3) is 0.160. The molecule has 0 aliphatic heterocycles. The van der Waals surface area contributed by atoms with Gasteiger partial charge in [-0.15, -0.1) is 6.58 Å². The summed E-state index contributed by atoms with van der Waals surface area (Å²) in [6, 6.07) is 19.5. The van der Waals surface area contributed by atoms with E-state index in [1.54, 1.807) is 31.2 Å². The van der Waals surface area contributed by atoms with Gasteiger partial charge in [0.15, 0.2) is 11.5 Å². The Kier molecular flexibility index (Phi) is 6.45. The van der Waals surface area contributed by atoms with E-state index >= 15 is 0 Å². The number of carbonyl (C=O) groups is 1. The van der Waals surface area contributed by atoms with Crippen LogP contribution in [-0.2, 0) is 11.2 Å². The summed E-state index contributed by atoms with van der Waals surface area (Å²) in [6.07, 6.45) is 2.48. The maximum atomic E-state index is 14.6. The highest BCUT2D eigenvalue weighted by atomic mass is 19.1. The van der Waals surface area contributed by atoms with E-state index in [2.05, 4.69) is 6.58 Å². The van der Waals surface area contributed by atoms with Crippen LogP contribution in [0.2, 0.25) is 0 Å². The topological polar surface area (TPSA) is 35.5 Å². The lowest BCUT2D eigenvalue weighted by Gasteiger charge is -2.15. The van der Waals surface area contributed by atoms with E-state index in [1.807, 2.05) is 42.5 Å². The molecule has 148 valence electrons. The van der Waals surface area contributed by atoms with Gasteiger partial charge in [0, 0.05) is 5.56 Å². The van der Waals surface area contributed by atoms with Crippen LogP contribution in [0, 0.1) is 5.82 Å². The van der Waals surface area contributed by atoms with Gasteiger partial charge in [-0.3, -0.25) is 4.79 Å². The molecule has 29 heavy (non-hydrogen) atoms. The van der Waals surface area contributed by atoms with Gasteiger partial charge in [0.1, 0.15) is 5.82 Å². The van der Waals surface area contributed by atoms with Gasteiger partial charge in [-0.05, 0) is 48.2 Å². The summed E-state index contributed by atoms with van der Waals surface area (Å²) in [5.74, 6) is -0.688. The van der Waals surface area contributed by atoms with E-state index in [4.69, 9.17) is 9.47 Å². The molecule has 0 amide bonds. The molecule has 3 aromatic carbocycles. The fourth-order valence-electron chi connectivity index (χ4n) is 3.08. The highest BCUT2D eigenvalue weighted by Crippen LogP contribution is 2.31. The van der Waals surface area contributed by atoms with Crippen LogP contribution in [0.4, 0.5) is 4.39 Å². The van der Waals surface area contributed by atoms with Gasteiger partial charge in [-0.1, -0.05) is 54.6 Å². The Bertz CT molecular complexity index is 1010. The zero-order valence-electron chi connectivity index (χ0n) is 16.5. The zero-order valence-corrected chi connectivity index (χ0v) is 16.5. The van der Waals surface area contributed by atoms with Crippen molar-refractivity contribution in [2.24, 2.45) is 0 Å². The highest BCUT2D eigenvalue weighted by molar-refractivity contribution is 5.81. The normalized spacial score (nSPS) is 11.6. The number of carbonyl (C=O) groups excluding carboxylic acids is 1. The lowest BCUT2D eigenvalue weighted by Crippen LogP contribution is -2.17. The number of ether oxygens (including phenoxy) is 2. The van der Waals surface area contributed by atoms with Gasteiger partial charge in [-0.2, -0.15) is 0 Å². The van der Waals surface area contributed by atoms with Crippen molar-refractivity contribution in [3.63, 3.8) is 0 Å². The maximum absolute atomic E-state index is 14.6. The molecule has 0 N–H and O–H groups in total. The van der Waals surface area contributed by atoms with Crippen LogP contribution in [0.3, 0.4) is 0 Å². The smallest absolute Gasteiger partial charge is 0.318 e. The molecule has 3 rings (SSSR count). The number of rotatable bonds is 7. The van der Waals surface area contributed by atoms with E-state index in [9.17, 15) is 9.18 Å². The summed E-state index contributed by atoms with van der Waals surface area (Å²) < 4.78 is 25.5. The minimum absolute atomic E-state index is 0.332. The molecule has 0 bridgehead atoms. The predicted molar refractivity (Wildman–Crippen MR) is 113 cm³/mol. The van der Waals surface area contributed by atoms with Crippen LogP contribution in [0.15, 0.2) is 79.4 Å². The SMILES string of the molecule is C=CCc1ccc(OC(=O)C(C)c2ccc(-c3ccccc3)c(F)c2)c(OC)c1. The first-order chi connectivity index (χ1) is 14.0. The van der Waals surface area contributed by atoms with Gasteiger partial charge in [0.2, 0.25) is 0 Å². The molecule has 3 aromatic rings. The Morgan fingerprint density at radius 1 is 1.07 bits per heavy atom. The van der Waals surface area contributed by atoms with Crippen molar-refractivity contribution in [1.82, 2.24) is 0 Å². The largest absolute Gasteiger partial charge is 0.493 e. The minimum Gasteiger partial charge on any atom is -0.493 e. The Morgan fingerprint density at radius 2 is 1.83 bits per heavy atom. The molecule has 4 heteroatoms. The monoisotopic (exact) mass is 390 g/mol. The van der Waals surface area contributed by atoms with Crippen molar-refractivity contribution >= 4 is 5.97 Å². The first-order valence-electron chi connectivity index (χ1n) is 9.38. The van der Waals surface area contributed by atoms with E-state index in [1.165, 1.54) is 13.2 Å². The average Bonchev–Trinajstić information content (AvgIpc) is 2.74. The second-order valence-electron chi connectivity index (χ2n) is 6.73. The summed E-state index contributed by atoms with van der Waals surface area (Å²) in [5.41, 5.74) is 2.84. The molecule has 1 atom stereocenters. The Balaban J connectivity index is 1.78. The van der Waals surface area contributed by atoms with Gasteiger partial charge in [0.25, 0.3) is 0 Å². The number of hydrogen-bond acceptors (Lipinski definition) is 3. The number of halogens is 1. The molecule has 0 aliphatic carbocycles. The van der Waals surface area contributed by atoms with Crippen LogP contribution >= 0.6 is 0 Å². The zero-order chi connectivity index (χ0) is 20.8. The van der Waals surface area contributed by atoms with Crippen LogP contribution in [-0.4, -0.2) is 13.1 Å². The number of benzene rings is 3. The summed E-state index contributed by atoms with van der Waals surface area (Å²) in [5, 5.41) is 0. The summed E-state index contributed by atoms with van der Waals surface area (Å²) in [7, 11) is 1.52. The molecule has 0 heterocycles. The van der Waals surface area contributed by atoms with E-state index in [0.29, 0.717) is 29.0 Å². The molecule has 3 nitrogen and oxygen atoms in total. The fourth-order valence-corrected chi connectivity index (χ4v) is 3.08. The van der Waals surface area contributed by atoms with Crippen LogP contribution in [0.25, 0.3) is 11.1 Å². The number of hydrogen-bond donors (Lipinski definition) is 0. The number of allylic oxidation sites excluding steroid dienone is 1. The quantitative estimate of drug-likeness (QED) is 0.285. The Labute approximate surface area is 170 Å². The first-order valence-corrected chi connectivity index (χ1v) is 9.38. The summed E-state index contributed by atoms with van der Waals surface area (Å²) in [6.45, 7) is 5.41. The minimum atomic E-state index is -0.633. The van der Waals surface area contributed by atoms with Crippen molar-refractivity contribution in [2.75, 3.05) is 7.11 Å². The maximum Gasteiger partial charge on any atom is 0.318 e. The van der Waals surface area contributed by atoms with E-state index < -0.39 is 11.9 Å². The molecule has 0 saturated heterocycles. The molecule has 0 radical (unpaired) electrons. The summed E-state index contributed by atoms with van der Waals surface area (Å²) >= 11 is 0. The standard InChI is InChI=1S/C25H23FO3/c1-4-8-18-11-14-23(24(15-18)28-3)29-25(27)17(2)20-12-13-21(22(26)16-20)19-9-6-5-7-10-19/h4-7,9-17H,1,8H2,2-3H3. The predicted octanol–water partition coefficient (Wildman–Crippen LogP) is 5.94. The lowest BCUT2D eigenvalue weighted by atomic mass is 9.97. The highest BCUT2D eigenvalue weighted by Gasteiger charge is 2.21. The number of esters is 1. The first kappa shape index (κ1) is 20.3. The van der Waals surface area contributed by atoms with Crippen LogP contribution < -0.4 is 9.47 Å². The third kappa shape index (κ3) is 4.72. The molecule has 0 aromatic heterocycles. The van der Waals surface area contributed by atoms with Crippen molar-refractivity contribution in [3.8, 4) is 22.6 Å². The second-order valence-corrected chi connectivity index (χ2v) is 6.73. The van der Waals surface area contributed by atoms with Crippen molar-refractivity contribution in [3.05, 3.63) is 96.3 Å². The second kappa shape index (κ2) is 9.20. The van der Waals surface area contributed by atoms with E-state index in [0.717, 1.165) is 11.1 Å². The van der Waals surface area contributed by atoms with Gasteiger partial charge < -0.3 is 9.47 Å². The van der Waals surface area contributed by atoms with Crippen molar-refractivity contribution in [1.29, 1.82) is 0 Å². The van der Waals surface area contributed by atoms with E-state index in [-0.39, 0.29) is 5.82 Å². The molecule has 0 fully saturated rings. The average molecular weight is 390 g/mol. The lowest BCUT2D eigenvalue weighted by molar-refractivity contribution is -0.135. The third-order valence-electron chi connectivity index (χ3n) is 4.75. The Hall–Kier alpha value is -3.40. The molecular formula is C25H23FO3. The van der Waals surface area contributed by atoms with Crippen LogP contribution in [0.5, 0.6) is 11.5 Å². The number of methoxy groups -OCH3 is 1. The molecule has 0 spiro atoms. The molecule has 0 saturated carbocycles. The Morgan fingerprint density at radius 3 is 2.48 bits per heavy atom.